The Morgan fingerprint density at radius 3 is 2.09 bits per heavy atom. The molecule has 0 aliphatic carbocycles. The number of benzene rings is 2. The zero-order valence-corrected chi connectivity index (χ0v) is 34.9. The molecule has 0 amide bonds. The van der Waals surface area contributed by atoms with Gasteiger partial charge in [0.15, 0.2) is 0 Å². The van der Waals surface area contributed by atoms with E-state index in [9.17, 15) is 4.79 Å². The molecule has 53 heavy (non-hydrogen) atoms. The van der Waals surface area contributed by atoms with Gasteiger partial charge in [0.2, 0.25) is 0 Å². The minimum Gasteiger partial charge on any atom is -0.333 e. The first-order chi connectivity index (χ1) is 25.8. The van der Waals surface area contributed by atoms with Crippen LogP contribution in [0.25, 0.3) is 23.1 Å². The average Bonchev–Trinajstić information content (AvgIpc) is 3.58. The Labute approximate surface area is 323 Å². The predicted molar refractivity (Wildman–Crippen MR) is 233 cm³/mol. The number of nitrogens with one attached hydrogen (secondary N) is 3. The standard InChI is InChI=1S/C15H13N3.C10H18O.C9H13N.C6H15N.C2H4O.C2H6.CH5N/c1-11-5-7-13-14(17-18-15(13)10-11)8-6-12-4-2-3-9-16-12;1-10(2)8-6-4-3-5-7-9-11;1-8-5-3-4-6-9(8)7-10-2;1-3-4-5-6-7-2;1-2-3;2*1-2/h2-10H,1H3,(H,17,18);9H,1,3-8H2,2H3;3-6,10H,7H2,1-2H3;7H,3-6H2,1-2H3;2H,1H3;1-2H3;2H2,1H3/b8-6+;;;;;;. The smallest absolute Gasteiger partial charge is 0.119 e. The molecule has 2 aromatic carbocycles. The highest BCUT2D eigenvalue weighted by Crippen LogP contribution is 2.19. The Kier molecular flexibility index (Phi) is 40.6. The summed E-state index contributed by atoms with van der Waals surface area (Å²) in [5.41, 5.74) is 12.7. The second-order valence-electron chi connectivity index (χ2n) is 11.8. The molecule has 0 atom stereocenters. The number of carbonyl (C=O) groups is 2. The third kappa shape index (κ3) is 31.0. The monoisotopic (exact) mass is 731 g/mol. The van der Waals surface area contributed by atoms with E-state index in [1.165, 1.54) is 81.3 Å². The third-order valence-electron chi connectivity index (χ3n) is 7.18. The van der Waals surface area contributed by atoms with Gasteiger partial charge in [-0.1, -0.05) is 94.5 Å². The first kappa shape index (κ1) is 53.1. The molecule has 0 aliphatic rings. The van der Waals surface area contributed by atoms with Crippen molar-refractivity contribution in [2.75, 3.05) is 27.7 Å². The maximum absolute atomic E-state index is 9.93. The molecule has 4 aromatic rings. The molecule has 296 valence electrons. The van der Waals surface area contributed by atoms with E-state index < -0.39 is 0 Å². The third-order valence-corrected chi connectivity index (χ3v) is 7.18. The fourth-order valence-corrected chi connectivity index (χ4v) is 4.48. The zero-order chi connectivity index (χ0) is 40.5. The summed E-state index contributed by atoms with van der Waals surface area (Å²) < 4.78 is 0. The van der Waals surface area contributed by atoms with Crippen LogP contribution >= 0.6 is 0 Å². The van der Waals surface area contributed by atoms with Crippen LogP contribution in [0.2, 0.25) is 0 Å². The topological polar surface area (TPSA) is 126 Å². The number of nitrogens with zero attached hydrogens (tertiary/aromatic N) is 2. The number of allylic oxidation sites excluding steroid dienone is 1. The highest BCUT2D eigenvalue weighted by atomic mass is 16.1. The number of nitrogens with two attached hydrogens (primary N) is 1. The van der Waals surface area contributed by atoms with Crippen LogP contribution in [0.1, 0.15) is 120 Å². The fourth-order valence-electron chi connectivity index (χ4n) is 4.48. The summed E-state index contributed by atoms with van der Waals surface area (Å²) in [5.74, 6) is 0. The van der Waals surface area contributed by atoms with Crippen molar-refractivity contribution in [1.29, 1.82) is 0 Å². The van der Waals surface area contributed by atoms with Gasteiger partial charge in [0.1, 0.15) is 12.6 Å². The zero-order valence-electron chi connectivity index (χ0n) is 34.9. The van der Waals surface area contributed by atoms with Crippen LogP contribution in [0.3, 0.4) is 0 Å². The Morgan fingerprint density at radius 1 is 0.868 bits per heavy atom. The molecule has 8 heteroatoms. The summed E-state index contributed by atoms with van der Waals surface area (Å²) in [6.45, 7) is 19.9. The normalized spacial score (nSPS) is 9.42. The van der Waals surface area contributed by atoms with E-state index in [0.717, 1.165) is 60.7 Å². The number of aromatic amines is 1. The number of unbranched alkanes of at least 4 members (excludes halogenated alkanes) is 6. The Bertz CT molecular complexity index is 1430. The number of fused-ring (bicyclic) bond motifs is 1. The van der Waals surface area contributed by atoms with Crippen molar-refractivity contribution < 1.29 is 9.59 Å². The van der Waals surface area contributed by atoms with Gasteiger partial charge in [0.25, 0.3) is 0 Å². The Hall–Kier alpha value is -4.24. The lowest BCUT2D eigenvalue weighted by Crippen LogP contribution is -2.06. The van der Waals surface area contributed by atoms with E-state index in [0.29, 0.717) is 0 Å². The number of hydrogen-bond acceptors (Lipinski definition) is 7. The molecule has 0 fully saturated rings. The summed E-state index contributed by atoms with van der Waals surface area (Å²) >= 11 is 0. The molecule has 0 spiro atoms. The van der Waals surface area contributed by atoms with Gasteiger partial charge in [-0.15, -0.1) is 6.58 Å². The first-order valence-corrected chi connectivity index (χ1v) is 19.2. The van der Waals surface area contributed by atoms with Crippen molar-refractivity contribution in [1.82, 2.24) is 25.8 Å². The lowest BCUT2D eigenvalue weighted by Gasteiger charge is -2.02. The van der Waals surface area contributed by atoms with Gasteiger partial charge in [-0.3, -0.25) is 10.1 Å². The fraction of sp³-hybridized carbons (Fsp3) is 0.467. The number of aromatic nitrogens is 3. The minimum atomic E-state index is 0.729. The highest BCUT2D eigenvalue weighted by Gasteiger charge is 2.02. The highest BCUT2D eigenvalue weighted by molar-refractivity contribution is 5.89. The SMILES string of the molecule is C=C(C)CCCCCCC=O.CC.CC=O.CCCCCNC.CN.CNCc1ccccc1C.Cc1ccc2c(/C=C/c3ccccn3)n[nH]c2c1. The van der Waals surface area contributed by atoms with Crippen LogP contribution < -0.4 is 16.4 Å². The summed E-state index contributed by atoms with van der Waals surface area (Å²) in [7, 11) is 5.46. The minimum absolute atomic E-state index is 0.729. The quantitative estimate of drug-likeness (QED) is 0.0545. The number of rotatable bonds is 15. The van der Waals surface area contributed by atoms with Crippen LogP contribution in [0.4, 0.5) is 0 Å². The van der Waals surface area contributed by atoms with Crippen LogP contribution in [0.15, 0.2) is 79.0 Å². The molecular formula is C45H74N6O2. The maximum Gasteiger partial charge on any atom is 0.119 e. The average molecular weight is 731 g/mol. The molecule has 0 saturated carbocycles. The van der Waals surface area contributed by atoms with Gasteiger partial charge in [-0.05, 0) is 128 Å². The Morgan fingerprint density at radius 2 is 1.53 bits per heavy atom. The van der Waals surface area contributed by atoms with E-state index in [2.05, 4.69) is 108 Å². The van der Waals surface area contributed by atoms with Crippen LogP contribution in [-0.2, 0) is 16.1 Å². The summed E-state index contributed by atoms with van der Waals surface area (Å²) in [6.07, 6.45) is 18.1. The molecule has 0 saturated heterocycles. The van der Waals surface area contributed by atoms with Gasteiger partial charge < -0.3 is 26.0 Å². The van der Waals surface area contributed by atoms with Crippen LogP contribution in [0, 0.1) is 13.8 Å². The summed E-state index contributed by atoms with van der Waals surface area (Å²) in [5, 5.41) is 14.7. The van der Waals surface area contributed by atoms with Crippen molar-refractivity contribution in [3.63, 3.8) is 0 Å². The van der Waals surface area contributed by atoms with Gasteiger partial charge in [0.05, 0.1) is 16.9 Å². The van der Waals surface area contributed by atoms with Gasteiger partial charge >= 0.3 is 0 Å². The van der Waals surface area contributed by atoms with Crippen molar-refractivity contribution in [2.24, 2.45) is 5.73 Å². The summed E-state index contributed by atoms with van der Waals surface area (Å²) in [4.78, 5) is 23.0. The second-order valence-corrected chi connectivity index (χ2v) is 11.8. The van der Waals surface area contributed by atoms with Crippen molar-refractivity contribution in [2.45, 2.75) is 113 Å². The molecule has 5 N–H and O–H groups in total. The molecule has 8 nitrogen and oxygen atoms in total. The number of pyridine rings is 1. The number of aldehydes is 2. The summed E-state index contributed by atoms with van der Waals surface area (Å²) in [6, 6.07) is 20.5. The van der Waals surface area contributed by atoms with Crippen LogP contribution in [0.5, 0.6) is 0 Å². The lowest BCUT2D eigenvalue weighted by molar-refractivity contribution is -0.108. The number of H-pyrrole nitrogens is 1. The molecule has 2 aromatic heterocycles. The molecule has 0 unspecified atom stereocenters. The molecular weight excluding hydrogens is 657 g/mol. The maximum atomic E-state index is 9.93. The van der Waals surface area contributed by atoms with E-state index in [4.69, 9.17) is 4.79 Å². The number of hydrogen-bond donors (Lipinski definition) is 4. The molecule has 0 aliphatic heterocycles. The number of carbonyl (C=O) groups excluding carboxylic acids is 2. The van der Waals surface area contributed by atoms with Gasteiger partial charge in [-0.25, -0.2) is 0 Å². The van der Waals surface area contributed by atoms with Crippen molar-refractivity contribution in [3.8, 4) is 0 Å². The van der Waals surface area contributed by atoms with Gasteiger partial charge in [0, 0.05) is 24.5 Å². The second kappa shape index (κ2) is 40.5. The molecule has 0 radical (unpaired) electrons. The Balaban J connectivity index is -0.000000626. The van der Waals surface area contributed by atoms with Gasteiger partial charge in [-0.2, -0.15) is 5.10 Å². The largest absolute Gasteiger partial charge is 0.333 e. The predicted octanol–water partition coefficient (Wildman–Crippen LogP) is 10.5. The molecule has 0 bridgehead atoms. The van der Waals surface area contributed by atoms with E-state index in [1.807, 2.05) is 58.3 Å². The number of aryl methyl sites for hydroxylation is 2. The van der Waals surface area contributed by atoms with Crippen molar-refractivity contribution >= 4 is 35.6 Å². The first-order valence-electron chi connectivity index (χ1n) is 19.2. The van der Waals surface area contributed by atoms with Crippen molar-refractivity contribution in [3.05, 3.63) is 107 Å². The molecule has 4 rings (SSSR count). The van der Waals surface area contributed by atoms with E-state index in [-0.39, 0.29) is 0 Å². The van der Waals surface area contributed by atoms with E-state index >= 15 is 0 Å². The van der Waals surface area contributed by atoms with E-state index in [1.54, 1.807) is 6.20 Å². The lowest BCUT2D eigenvalue weighted by atomic mass is 10.1. The van der Waals surface area contributed by atoms with Crippen LogP contribution in [-0.4, -0.2) is 55.4 Å². The molecule has 2 heterocycles.